The van der Waals surface area contributed by atoms with Crippen LogP contribution in [0, 0.1) is 6.92 Å². The van der Waals surface area contributed by atoms with E-state index in [1.54, 1.807) is 11.3 Å². The van der Waals surface area contributed by atoms with Gasteiger partial charge in [0.1, 0.15) is 11.4 Å². The lowest BCUT2D eigenvalue weighted by Crippen LogP contribution is -2.33. The number of hydrogen-bond acceptors (Lipinski definition) is 5. The first kappa shape index (κ1) is 22.7. The number of nitrogens with zero attached hydrogens (tertiary/aromatic N) is 2. The van der Waals surface area contributed by atoms with Gasteiger partial charge in [0, 0.05) is 22.3 Å². The highest BCUT2D eigenvalue weighted by Crippen LogP contribution is 2.33. The summed E-state index contributed by atoms with van der Waals surface area (Å²) < 4.78 is 2.21. The number of hydrogen-bond donors (Lipinski definition) is 2. The van der Waals surface area contributed by atoms with Crippen LogP contribution in [0.4, 0.5) is 5.69 Å². The van der Waals surface area contributed by atoms with Gasteiger partial charge in [-0.15, -0.1) is 11.3 Å². The molecule has 2 aromatic heterocycles. The predicted octanol–water partition coefficient (Wildman–Crippen LogP) is 3.94. The van der Waals surface area contributed by atoms with Crippen LogP contribution in [0.2, 0.25) is 0 Å². The second-order valence-electron chi connectivity index (χ2n) is 8.05. The largest absolute Gasteiger partial charge is 0.355 e. The van der Waals surface area contributed by atoms with E-state index < -0.39 is 0 Å². The molecule has 9 heteroatoms. The molecule has 0 spiro atoms. The average Bonchev–Trinajstić information content (AvgIpc) is 3.14. The third-order valence-electron chi connectivity index (χ3n) is 5.56. The van der Waals surface area contributed by atoms with Crippen LogP contribution in [0.1, 0.15) is 41.7 Å². The van der Waals surface area contributed by atoms with Crippen LogP contribution < -0.4 is 16.2 Å². The molecule has 4 rings (SSSR count). The number of carbonyl (C=O) groups excluding carboxylic acids is 2. The zero-order valence-electron chi connectivity index (χ0n) is 17.9. The molecule has 1 aliphatic carbocycles. The van der Waals surface area contributed by atoms with Crippen LogP contribution in [-0.4, -0.2) is 27.9 Å². The third-order valence-corrected chi connectivity index (χ3v) is 7.41. The molecule has 0 radical (unpaired) electrons. The molecule has 0 unspecified atom stereocenters. The van der Waals surface area contributed by atoms with Gasteiger partial charge in [0.25, 0.3) is 5.56 Å². The minimum absolute atomic E-state index is 0.0745. The molecule has 0 atom stereocenters. The standard InChI is InChI=1S/C23H25BrN4O3S/c1-14-8-9-17(16(24)11-14)27-19(29)7-4-10-25-20(30)12-28-13-26-22-21(23(28)31)15-5-2-3-6-18(15)32-22/h8-9,11,13H,2-7,10,12H2,1H3,(H,25,30)(H,27,29). The molecule has 1 aromatic carbocycles. The van der Waals surface area contributed by atoms with Gasteiger partial charge in [-0.3, -0.25) is 19.0 Å². The Hall–Kier alpha value is -2.52. The summed E-state index contributed by atoms with van der Waals surface area (Å²) in [5, 5.41) is 6.33. The fraction of sp³-hybridized carbons (Fsp3) is 0.391. The van der Waals surface area contributed by atoms with Crippen molar-refractivity contribution in [3.05, 3.63) is 55.4 Å². The number of anilines is 1. The van der Waals surface area contributed by atoms with Gasteiger partial charge in [-0.25, -0.2) is 4.98 Å². The number of aryl methyl sites for hydroxylation is 3. The summed E-state index contributed by atoms with van der Waals surface area (Å²) in [6.45, 7) is 2.27. The van der Waals surface area contributed by atoms with Crippen LogP contribution in [0.5, 0.6) is 0 Å². The van der Waals surface area contributed by atoms with Crippen LogP contribution in [0.15, 0.2) is 33.8 Å². The van der Waals surface area contributed by atoms with Gasteiger partial charge in [-0.1, -0.05) is 6.07 Å². The molecule has 1 aliphatic rings. The van der Waals surface area contributed by atoms with Crippen molar-refractivity contribution in [2.24, 2.45) is 0 Å². The fourth-order valence-corrected chi connectivity index (χ4v) is 5.73. The van der Waals surface area contributed by atoms with Gasteiger partial charge in [0.2, 0.25) is 11.8 Å². The van der Waals surface area contributed by atoms with E-state index in [-0.39, 0.29) is 30.3 Å². The molecular formula is C23H25BrN4O3S. The molecule has 0 saturated heterocycles. The summed E-state index contributed by atoms with van der Waals surface area (Å²) in [6, 6.07) is 5.73. The molecule has 2 heterocycles. The van der Waals surface area contributed by atoms with Crippen LogP contribution in [0.25, 0.3) is 10.2 Å². The Kier molecular flexibility index (Phi) is 7.05. The number of nitrogens with one attached hydrogen (secondary N) is 2. The fourth-order valence-electron chi connectivity index (χ4n) is 3.92. The molecule has 3 aromatic rings. The van der Waals surface area contributed by atoms with Crippen molar-refractivity contribution in [3.63, 3.8) is 0 Å². The summed E-state index contributed by atoms with van der Waals surface area (Å²) >= 11 is 5.04. The average molecular weight is 517 g/mol. The molecule has 168 valence electrons. The van der Waals surface area contributed by atoms with E-state index >= 15 is 0 Å². The highest BCUT2D eigenvalue weighted by molar-refractivity contribution is 9.10. The second-order valence-corrected chi connectivity index (χ2v) is 9.99. The number of amides is 2. The Morgan fingerprint density at radius 1 is 1.22 bits per heavy atom. The minimum atomic E-state index is -0.265. The molecular weight excluding hydrogens is 492 g/mol. The lowest BCUT2D eigenvalue weighted by atomic mass is 9.97. The summed E-state index contributed by atoms with van der Waals surface area (Å²) in [4.78, 5) is 43.9. The van der Waals surface area contributed by atoms with E-state index in [1.807, 2.05) is 25.1 Å². The van der Waals surface area contributed by atoms with E-state index in [9.17, 15) is 14.4 Å². The first-order chi connectivity index (χ1) is 15.4. The van der Waals surface area contributed by atoms with Gasteiger partial charge in [-0.2, -0.15) is 0 Å². The van der Waals surface area contributed by atoms with E-state index in [1.165, 1.54) is 15.8 Å². The lowest BCUT2D eigenvalue weighted by molar-refractivity contribution is -0.122. The van der Waals surface area contributed by atoms with Crippen molar-refractivity contribution in [1.82, 2.24) is 14.9 Å². The Labute approximate surface area is 198 Å². The summed E-state index contributed by atoms with van der Waals surface area (Å²) in [6.07, 6.45) is 6.40. The minimum Gasteiger partial charge on any atom is -0.355 e. The van der Waals surface area contributed by atoms with Crippen LogP contribution in [-0.2, 0) is 29.0 Å². The normalized spacial score (nSPS) is 13.1. The molecule has 0 bridgehead atoms. The molecule has 0 saturated carbocycles. The molecule has 0 aliphatic heterocycles. The van der Waals surface area contributed by atoms with Crippen molar-refractivity contribution in [3.8, 4) is 0 Å². The van der Waals surface area contributed by atoms with Gasteiger partial charge in [0.15, 0.2) is 0 Å². The Morgan fingerprint density at radius 3 is 2.84 bits per heavy atom. The zero-order chi connectivity index (χ0) is 22.7. The van der Waals surface area contributed by atoms with Crippen molar-refractivity contribution in [2.75, 3.05) is 11.9 Å². The SMILES string of the molecule is Cc1ccc(NC(=O)CCCNC(=O)Cn2cnc3sc4c(c3c2=O)CCCC4)c(Br)c1. The summed E-state index contributed by atoms with van der Waals surface area (Å²) in [5.41, 5.74) is 2.80. The van der Waals surface area contributed by atoms with Gasteiger partial charge < -0.3 is 10.6 Å². The van der Waals surface area contributed by atoms with Gasteiger partial charge >= 0.3 is 0 Å². The van der Waals surface area contributed by atoms with Gasteiger partial charge in [0.05, 0.1) is 17.4 Å². The molecule has 2 N–H and O–H groups in total. The summed E-state index contributed by atoms with van der Waals surface area (Å²) in [5.74, 6) is -0.379. The topological polar surface area (TPSA) is 93.1 Å². The van der Waals surface area contributed by atoms with Crippen molar-refractivity contribution in [1.29, 1.82) is 0 Å². The molecule has 32 heavy (non-hydrogen) atoms. The quantitative estimate of drug-likeness (QED) is 0.465. The molecule has 7 nitrogen and oxygen atoms in total. The van der Waals surface area contributed by atoms with E-state index in [0.717, 1.165) is 51.8 Å². The van der Waals surface area contributed by atoms with Crippen molar-refractivity contribution < 1.29 is 9.59 Å². The second kappa shape index (κ2) is 9.95. The number of thiophene rings is 1. The maximum atomic E-state index is 12.9. The smallest absolute Gasteiger partial charge is 0.262 e. The highest BCUT2D eigenvalue weighted by Gasteiger charge is 2.20. The predicted molar refractivity (Wildman–Crippen MR) is 130 cm³/mol. The number of benzene rings is 1. The van der Waals surface area contributed by atoms with Crippen molar-refractivity contribution >= 4 is 55.0 Å². The molecule has 0 fully saturated rings. The first-order valence-corrected chi connectivity index (χ1v) is 12.4. The van der Waals surface area contributed by atoms with Crippen LogP contribution >= 0.6 is 27.3 Å². The lowest BCUT2D eigenvalue weighted by Gasteiger charge is -2.11. The highest BCUT2D eigenvalue weighted by atomic mass is 79.9. The van der Waals surface area contributed by atoms with Crippen LogP contribution in [0.3, 0.4) is 0 Å². The summed E-state index contributed by atoms with van der Waals surface area (Å²) in [7, 11) is 0. The Balaban J connectivity index is 1.28. The maximum Gasteiger partial charge on any atom is 0.262 e. The van der Waals surface area contributed by atoms with E-state index in [2.05, 4.69) is 31.5 Å². The Bertz CT molecular complexity index is 1230. The monoisotopic (exact) mass is 516 g/mol. The number of halogens is 1. The Morgan fingerprint density at radius 2 is 2.03 bits per heavy atom. The number of rotatable bonds is 7. The number of aromatic nitrogens is 2. The van der Waals surface area contributed by atoms with E-state index in [4.69, 9.17) is 0 Å². The maximum absolute atomic E-state index is 12.9. The molecule has 2 amide bonds. The zero-order valence-corrected chi connectivity index (χ0v) is 20.3. The number of carbonyl (C=O) groups is 2. The van der Waals surface area contributed by atoms with Gasteiger partial charge in [-0.05, 0) is 78.2 Å². The number of fused-ring (bicyclic) bond motifs is 3. The van der Waals surface area contributed by atoms with E-state index in [0.29, 0.717) is 18.4 Å². The third kappa shape index (κ3) is 5.10. The first-order valence-electron chi connectivity index (χ1n) is 10.7. The van der Waals surface area contributed by atoms with Crippen molar-refractivity contribution in [2.45, 2.75) is 52.0 Å².